The average molecular weight is 944 g/mol. The topological polar surface area (TPSA) is 228 Å². The van der Waals surface area contributed by atoms with Crippen LogP contribution in [-0.4, -0.2) is 140 Å². The monoisotopic (exact) mass is 944 g/mol. The van der Waals surface area contributed by atoms with Crippen LogP contribution in [-0.2, 0) is 23.7 Å². The second kappa shape index (κ2) is 39.2. The number of rotatable bonds is 41. The van der Waals surface area contributed by atoms with Crippen molar-refractivity contribution < 1.29 is 64.6 Å². The van der Waals surface area contributed by atoms with E-state index < -0.39 is 86.8 Å². The first kappa shape index (κ1) is 60.6. The van der Waals surface area contributed by atoms with Crippen LogP contribution in [0.4, 0.5) is 0 Å². The molecule has 9 N–H and O–H groups in total. The highest BCUT2D eigenvalue weighted by molar-refractivity contribution is 5.76. The molecule has 0 aliphatic carbocycles. The fraction of sp³-hybridized carbons (Fsp3) is 0.904. The summed E-state index contributed by atoms with van der Waals surface area (Å²) in [5.41, 5.74) is 0. The first-order valence-electron chi connectivity index (χ1n) is 26.6. The number of hydrogen-bond acceptors (Lipinski definition) is 13. The fourth-order valence-electron chi connectivity index (χ4n) is 8.80. The number of hydrogen-bond donors (Lipinski definition) is 9. The van der Waals surface area contributed by atoms with E-state index in [1.165, 1.54) is 116 Å². The number of amides is 1. The first-order valence-corrected chi connectivity index (χ1v) is 26.6. The lowest BCUT2D eigenvalue weighted by Gasteiger charge is -2.46. The van der Waals surface area contributed by atoms with Gasteiger partial charge < -0.3 is 65.1 Å². The maximum Gasteiger partial charge on any atom is 0.220 e. The molecule has 14 nitrogen and oxygen atoms in total. The highest BCUT2D eigenvalue weighted by atomic mass is 16.7. The molecule has 0 saturated carbocycles. The van der Waals surface area contributed by atoms with Crippen LogP contribution in [0.15, 0.2) is 24.3 Å². The van der Waals surface area contributed by atoms with E-state index in [9.17, 15) is 45.6 Å². The van der Waals surface area contributed by atoms with Crippen LogP contribution >= 0.6 is 0 Å². The van der Waals surface area contributed by atoms with Gasteiger partial charge in [0.2, 0.25) is 5.91 Å². The van der Waals surface area contributed by atoms with Crippen molar-refractivity contribution in [2.24, 2.45) is 0 Å². The van der Waals surface area contributed by atoms with Gasteiger partial charge in [-0.15, -0.1) is 0 Å². The van der Waals surface area contributed by atoms with Gasteiger partial charge in [0, 0.05) is 6.42 Å². The number of carbonyl (C=O) groups is 1. The van der Waals surface area contributed by atoms with Crippen LogP contribution in [0.1, 0.15) is 206 Å². The van der Waals surface area contributed by atoms with Gasteiger partial charge in [-0.3, -0.25) is 4.79 Å². The molecule has 2 aliphatic rings. The number of carbonyl (C=O) groups excluding carboxylic acids is 1. The van der Waals surface area contributed by atoms with Gasteiger partial charge in [-0.2, -0.15) is 0 Å². The highest BCUT2D eigenvalue weighted by Crippen LogP contribution is 2.30. The van der Waals surface area contributed by atoms with Crippen LogP contribution in [0.25, 0.3) is 0 Å². The minimum absolute atomic E-state index is 0.212. The van der Waals surface area contributed by atoms with Crippen molar-refractivity contribution >= 4 is 5.91 Å². The molecule has 0 radical (unpaired) electrons. The number of aliphatic hydroxyl groups excluding tert-OH is 8. The van der Waals surface area contributed by atoms with E-state index in [-0.39, 0.29) is 12.5 Å². The highest BCUT2D eigenvalue weighted by Gasteiger charge is 2.51. The molecule has 0 aromatic rings. The second-order valence-electron chi connectivity index (χ2n) is 19.0. The molecule has 12 unspecified atom stereocenters. The number of aliphatic hydroxyl groups is 8. The Balaban J connectivity index is 1.80. The van der Waals surface area contributed by atoms with Gasteiger partial charge in [0.15, 0.2) is 12.6 Å². The van der Waals surface area contributed by atoms with Crippen molar-refractivity contribution in [1.29, 1.82) is 0 Å². The molecule has 0 spiro atoms. The molecular formula is C52H97NO13. The molecule has 2 rings (SSSR count). The van der Waals surface area contributed by atoms with Gasteiger partial charge in [0.25, 0.3) is 0 Å². The summed E-state index contributed by atoms with van der Waals surface area (Å²) in [5.74, 6) is -0.212. The summed E-state index contributed by atoms with van der Waals surface area (Å²) in [6.45, 7) is 2.82. The molecule has 14 heteroatoms. The molecule has 2 heterocycles. The van der Waals surface area contributed by atoms with Crippen LogP contribution < -0.4 is 5.32 Å². The van der Waals surface area contributed by atoms with Crippen LogP contribution in [0, 0.1) is 0 Å². The standard InChI is InChI=1S/C52H97NO13/c1-3-5-7-9-11-13-15-17-18-19-20-21-22-24-26-28-30-32-34-36-44(57)53-40(41(56)35-33-31-29-27-25-23-16-14-12-10-8-6-4-2)39-63-51-49(62)47(60)50(43(38-55)65-51)66-52-48(61)46(59)45(58)42(37-54)64-52/h11,13,17-18,40-43,45-52,54-56,58-62H,3-10,12,14-16,19-39H2,1-2H3,(H,53,57)/b13-11-,18-17-. The lowest BCUT2D eigenvalue weighted by molar-refractivity contribution is -0.359. The minimum Gasteiger partial charge on any atom is -0.394 e. The average Bonchev–Trinajstić information content (AvgIpc) is 3.31. The summed E-state index contributed by atoms with van der Waals surface area (Å²) in [7, 11) is 0. The van der Waals surface area contributed by atoms with E-state index in [4.69, 9.17) is 18.9 Å². The minimum atomic E-state index is -1.78. The van der Waals surface area contributed by atoms with Gasteiger partial charge in [-0.25, -0.2) is 0 Å². The lowest BCUT2D eigenvalue weighted by atomic mass is 9.97. The molecule has 2 aliphatic heterocycles. The first-order chi connectivity index (χ1) is 32.1. The van der Waals surface area contributed by atoms with Gasteiger partial charge in [-0.05, 0) is 44.9 Å². The van der Waals surface area contributed by atoms with E-state index in [1.807, 2.05) is 0 Å². The smallest absolute Gasteiger partial charge is 0.220 e. The van der Waals surface area contributed by atoms with Gasteiger partial charge in [0.05, 0.1) is 32.0 Å². The Labute approximate surface area is 398 Å². The maximum absolute atomic E-state index is 13.2. The second-order valence-corrected chi connectivity index (χ2v) is 19.0. The predicted molar refractivity (Wildman–Crippen MR) is 258 cm³/mol. The quantitative estimate of drug-likeness (QED) is 0.0216. The van der Waals surface area contributed by atoms with Gasteiger partial charge in [-0.1, -0.05) is 179 Å². The zero-order valence-electron chi connectivity index (χ0n) is 41.2. The third-order valence-electron chi connectivity index (χ3n) is 13.2. The zero-order chi connectivity index (χ0) is 48.2. The number of nitrogens with one attached hydrogen (secondary N) is 1. The summed E-state index contributed by atoms with van der Waals surface area (Å²) in [4.78, 5) is 13.2. The Bertz CT molecular complexity index is 1210. The Morgan fingerprint density at radius 1 is 0.545 bits per heavy atom. The molecule has 1 amide bonds. The molecular weight excluding hydrogens is 847 g/mol. The van der Waals surface area contributed by atoms with Gasteiger partial charge >= 0.3 is 0 Å². The summed E-state index contributed by atoms with van der Waals surface area (Å²) in [5, 5.41) is 86.9. The Hall–Kier alpha value is -1.53. The fourth-order valence-corrected chi connectivity index (χ4v) is 8.80. The molecule has 0 aromatic carbocycles. The van der Waals surface area contributed by atoms with E-state index in [1.54, 1.807) is 0 Å². The molecule has 0 aromatic heterocycles. The summed E-state index contributed by atoms with van der Waals surface area (Å²) < 4.78 is 22.8. The predicted octanol–water partition coefficient (Wildman–Crippen LogP) is 7.33. The van der Waals surface area contributed by atoms with Crippen molar-refractivity contribution in [3.8, 4) is 0 Å². The van der Waals surface area contributed by atoms with E-state index >= 15 is 0 Å². The molecule has 12 atom stereocenters. The Kier molecular flexibility index (Phi) is 36.0. The zero-order valence-corrected chi connectivity index (χ0v) is 41.2. The number of unbranched alkanes of at least 4 members (excludes halogenated alkanes) is 24. The van der Waals surface area contributed by atoms with Crippen molar-refractivity contribution in [3.63, 3.8) is 0 Å². The molecule has 0 bridgehead atoms. The molecule has 66 heavy (non-hydrogen) atoms. The van der Waals surface area contributed by atoms with E-state index in [0.717, 1.165) is 64.2 Å². The number of allylic oxidation sites excluding steroid dienone is 4. The summed E-state index contributed by atoms with van der Waals surface area (Å²) in [6, 6.07) is -0.828. The molecule has 2 fully saturated rings. The number of ether oxygens (including phenoxy) is 4. The van der Waals surface area contributed by atoms with E-state index in [2.05, 4.69) is 43.5 Å². The van der Waals surface area contributed by atoms with E-state index in [0.29, 0.717) is 12.8 Å². The van der Waals surface area contributed by atoms with Crippen molar-refractivity contribution in [3.05, 3.63) is 24.3 Å². The largest absolute Gasteiger partial charge is 0.394 e. The summed E-state index contributed by atoms with van der Waals surface area (Å²) in [6.07, 6.45) is 26.0. The Morgan fingerprint density at radius 3 is 1.55 bits per heavy atom. The van der Waals surface area contributed by atoms with Crippen LogP contribution in [0.2, 0.25) is 0 Å². The van der Waals surface area contributed by atoms with Crippen molar-refractivity contribution in [1.82, 2.24) is 5.32 Å². The Morgan fingerprint density at radius 2 is 1.00 bits per heavy atom. The summed E-state index contributed by atoms with van der Waals surface area (Å²) >= 11 is 0. The third kappa shape index (κ3) is 25.9. The molecule has 2 saturated heterocycles. The SMILES string of the molecule is CCCCC/C=C\C/C=C\CCCCCCCCCCCC(=O)NC(COC1OC(CO)C(OC2OC(CO)C(O)C(O)C2O)C(O)C1O)C(O)CCCCCCCCCCCCCCC. The lowest BCUT2D eigenvalue weighted by Crippen LogP contribution is -2.65. The van der Waals surface area contributed by atoms with Gasteiger partial charge in [0.1, 0.15) is 48.8 Å². The third-order valence-corrected chi connectivity index (χ3v) is 13.2. The van der Waals surface area contributed by atoms with Crippen LogP contribution in [0.5, 0.6) is 0 Å². The maximum atomic E-state index is 13.2. The van der Waals surface area contributed by atoms with Crippen molar-refractivity contribution in [2.75, 3.05) is 19.8 Å². The van der Waals surface area contributed by atoms with Crippen molar-refractivity contribution in [2.45, 2.75) is 280 Å². The normalized spacial score (nSPS) is 26.9. The van der Waals surface area contributed by atoms with Crippen LogP contribution in [0.3, 0.4) is 0 Å². The molecule has 388 valence electrons.